The first-order chi connectivity index (χ1) is 9.79. The maximum absolute atomic E-state index is 6.16. The molecule has 4 heteroatoms. The SMILES string of the molecule is ClCc1ccc(Cl)cc1N1CCCOc2ccccc21. The van der Waals surface area contributed by atoms with Crippen LogP contribution in [0.25, 0.3) is 0 Å². The van der Waals surface area contributed by atoms with Crippen molar-refractivity contribution in [2.75, 3.05) is 18.1 Å². The standard InChI is InChI=1S/C16H15Cl2NO/c17-11-12-6-7-13(18)10-15(12)19-8-3-9-20-16-5-2-1-4-14(16)19/h1-2,4-7,10H,3,8-9,11H2. The molecule has 2 nitrogen and oxygen atoms in total. The number of para-hydroxylation sites is 2. The van der Waals surface area contributed by atoms with E-state index in [0.29, 0.717) is 5.88 Å². The van der Waals surface area contributed by atoms with Gasteiger partial charge >= 0.3 is 0 Å². The van der Waals surface area contributed by atoms with Gasteiger partial charge in [0.1, 0.15) is 5.75 Å². The van der Waals surface area contributed by atoms with Crippen LogP contribution in [0.2, 0.25) is 5.02 Å². The molecule has 0 aromatic heterocycles. The second-order valence-corrected chi connectivity index (χ2v) is 5.43. The smallest absolute Gasteiger partial charge is 0.142 e. The normalized spacial score (nSPS) is 14.4. The first-order valence-electron chi connectivity index (χ1n) is 6.63. The van der Waals surface area contributed by atoms with E-state index in [9.17, 15) is 0 Å². The Morgan fingerprint density at radius 1 is 1.10 bits per heavy atom. The lowest BCUT2D eigenvalue weighted by molar-refractivity contribution is 0.322. The number of rotatable bonds is 2. The quantitative estimate of drug-likeness (QED) is 0.724. The second-order valence-electron chi connectivity index (χ2n) is 4.73. The van der Waals surface area contributed by atoms with Crippen molar-refractivity contribution in [1.29, 1.82) is 0 Å². The van der Waals surface area contributed by atoms with E-state index in [1.165, 1.54) is 0 Å². The summed E-state index contributed by atoms with van der Waals surface area (Å²) in [6, 6.07) is 13.9. The van der Waals surface area contributed by atoms with Crippen molar-refractivity contribution in [2.45, 2.75) is 12.3 Å². The van der Waals surface area contributed by atoms with E-state index in [-0.39, 0.29) is 0 Å². The zero-order chi connectivity index (χ0) is 13.9. The number of fused-ring (bicyclic) bond motifs is 1. The van der Waals surface area contributed by atoms with E-state index >= 15 is 0 Å². The van der Waals surface area contributed by atoms with Crippen molar-refractivity contribution in [3.05, 3.63) is 53.1 Å². The van der Waals surface area contributed by atoms with Gasteiger partial charge in [-0.1, -0.05) is 29.8 Å². The Bertz CT molecular complexity index is 615. The van der Waals surface area contributed by atoms with Crippen molar-refractivity contribution in [2.24, 2.45) is 0 Å². The van der Waals surface area contributed by atoms with E-state index in [0.717, 1.165) is 47.3 Å². The Kier molecular flexibility index (Phi) is 4.04. The summed E-state index contributed by atoms with van der Waals surface area (Å²) in [5.41, 5.74) is 3.21. The third kappa shape index (κ3) is 2.58. The van der Waals surface area contributed by atoms with Gasteiger partial charge in [-0.05, 0) is 36.2 Å². The van der Waals surface area contributed by atoms with E-state index in [4.69, 9.17) is 27.9 Å². The Morgan fingerprint density at radius 2 is 1.95 bits per heavy atom. The molecule has 1 aliphatic rings. The number of nitrogens with zero attached hydrogens (tertiary/aromatic N) is 1. The minimum absolute atomic E-state index is 0.464. The van der Waals surface area contributed by atoms with Crippen LogP contribution in [0.5, 0.6) is 5.75 Å². The van der Waals surface area contributed by atoms with E-state index < -0.39 is 0 Å². The maximum atomic E-state index is 6.16. The molecule has 0 N–H and O–H groups in total. The van der Waals surface area contributed by atoms with Gasteiger partial charge in [-0.15, -0.1) is 11.6 Å². The molecule has 2 aromatic rings. The van der Waals surface area contributed by atoms with Gasteiger partial charge in [-0.2, -0.15) is 0 Å². The average molecular weight is 308 g/mol. The van der Waals surface area contributed by atoms with Gasteiger partial charge in [0.2, 0.25) is 0 Å². The average Bonchev–Trinajstić information content (AvgIpc) is 2.69. The Balaban J connectivity index is 2.12. The van der Waals surface area contributed by atoms with Crippen molar-refractivity contribution in [3.8, 4) is 5.75 Å². The summed E-state index contributed by atoms with van der Waals surface area (Å²) < 4.78 is 5.80. The van der Waals surface area contributed by atoms with Crippen LogP contribution in [-0.2, 0) is 5.88 Å². The molecule has 0 radical (unpaired) electrons. The minimum Gasteiger partial charge on any atom is -0.491 e. The fourth-order valence-corrected chi connectivity index (χ4v) is 2.87. The van der Waals surface area contributed by atoms with Crippen LogP contribution in [-0.4, -0.2) is 13.2 Å². The highest BCUT2D eigenvalue weighted by molar-refractivity contribution is 6.31. The monoisotopic (exact) mass is 307 g/mol. The maximum Gasteiger partial charge on any atom is 0.142 e. The first kappa shape index (κ1) is 13.6. The van der Waals surface area contributed by atoms with Crippen LogP contribution in [0.15, 0.2) is 42.5 Å². The summed E-state index contributed by atoms with van der Waals surface area (Å²) in [7, 11) is 0. The molecule has 1 aliphatic heterocycles. The molecular weight excluding hydrogens is 293 g/mol. The van der Waals surface area contributed by atoms with Gasteiger partial charge in [0.25, 0.3) is 0 Å². The molecule has 0 aliphatic carbocycles. The van der Waals surface area contributed by atoms with Crippen LogP contribution in [0.4, 0.5) is 11.4 Å². The van der Waals surface area contributed by atoms with Gasteiger partial charge in [0.05, 0.1) is 12.3 Å². The van der Waals surface area contributed by atoms with Crippen molar-refractivity contribution < 1.29 is 4.74 Å². The number of hydrogen-bond acceptors (Lipinski definition) is 2. The molecule has 2 aromatic carbocycles. The lowest BCUT2D eigenvalue weighted by Gasteiger charge is -2.26. The largest absolute Gasteiger partial charge is 0.491 e. The van der Waals surface area contributed by atoms with Gasteiger partial charge in [-0.3, -0.25) is 0 Å². The number of benzene rings is 2. The Hall–Kier alpha value is -1.38. The van der Waals surface area contributed by atoms with Gasteiger partial charge in [0, 0.05) is 23.1 Å². The van der Waals surface area contributed by atoms with Crippen LogP contribution in [0.1, 0.15) is 12.0 Å². The van der Waals surface area contributed by atoms with Crippen molar-refractivity contribution in [3.63, 3.8) is 0 Å². The van der Waals surface area contributed by atoms with Crippen LogP contribution in [0.3, 0.4) is 0 Å². The van der Waals surface area contributed by atoms with Gasteiger partial charge in [-0.25, -0.2) is 0 Å². The summed E-state index contributed by atoms with van der Waals surface area (Å²) in [5.74, 6) is 1.37. The topological polar surface area (TPSA) is 12.5 Å². The van der Waals surface area contributed by atoms with Crippen LogP contribution in [0, 0.1) is 0 Å². The Morgan fingerprint density at radius 3 is 2.80 bits per heavy atom. The highest BCUT2D eigenvalue weighted by Crippen LogP contribution is 2.38. The first-order valence-corrected chi connectivity index (χ1v) is 7.54. The summed E-state index contributed by atoms with van der Waals surface area (Å²) in [4.78, 5) is 2.24. The number of alkyl halides is 1. The molecule has 0 unspecified atom stereocenters. The predicted molar refractivity (Wildman–Crippen MR) is 84.6 cm³/mol. The van der Waals surface area contributed by atoms with Crippen molar-refractivity contribution >= 4 is 34.6 Å². The summed E-state index contributed by atoms with van der Waals surface area (Å²) in [5, 5.41) is 0.719. The number of anilines is 2. The number of ether oxygens (including phenoxy) is 1. The van der Waals surface area contributed by atoms with Gasteiger partial charge < -0.3 is 9.64 Å². The fraction of sp³-hybridized carbons (Fsp3) is 0.250. The molecule has 0 bridgehead atoms. The van der Waals surface area contributed by atoms with Crippen LogP contribution >= 0.6 is 23.2 Å². The molecule has 20 heavy (non-hydrogen) atoms. The zero-order valence-corrected chi connectivity index (χ0v) is 12.5. The highest BCUT2D eigenvalue weighted by Gasteiger charge is 2.19. The summed E-state index contributed by atoms with van der Waals surface area (Å²) in [6.45, 7) is 1.62. The lowest BCUT2D eigenvalue weighted by Crippen LogP contribution is -2.19. The fourth-order valence-electron chi connectivity index (χ4n) is 2.48. The molecule has 0 fully saturated rings. The van der Waals surface area contributed by atoms with E-state index in [1.807, 2.05) is 36.4 Å². The van der Waals surface area contributed by atoms with E-state index in [2.05, 4.69) is 11.0 Å². The lowest BCUT2D eigenvalue weighted by atomic mass is 10.1. The zero-order valence-electron chi connectivity index (χ0n) is 11.0. The summed E-state index contributed by atoms with van der Waals surface area (Å²) in [6.07, 6.45) is 0.961. The molecule has 0 saturated heterocycles. The molecule has 0 saturated carbocycles. The van der Waals surface area contributed by atoms with Crippen LogP contribution < -0.4 is 9.64 Å². The van der Waals surface area contributed by atoms with Gasteiger partial charge in [0.15, 0.2) is 0 Å². The minimum atomic E-state index is 0.464. The predicted octanol–water partition coefficient (Wildman–Crippen LogP) is 5.00. The molecular formula is C16H15Cl2NO. The third-order valence-electron chi connectivity index (χ3n) is 3.42. The third-order valence-corrected chi connectivity index (χ3v) is 3.94. The van der Waals surface area contributed by atoms with E-state index in [1.54, 1.807) is 0 Å². The molecule has 0 atom stereocenters. The molecule has 104 valence electrons. The highest BCUT2D eigenvalue weighted by atomic mass is 35.5. The molecule has 1 heterocycles. The molecule has 3 rings (SSSR count). The Labute approximate surface area is 128 Å². The summed E-state index contributed by atoms with van der Waals surface area (Å²) >= 11 is 12.2. The second kappa shape index (κ2) is 5.94. The number of halogens is 2. The molecule has 0 spiro atoms. The molecule has 0 amide bonds. The number of hydrogen-bond donors (Lipinski definition) is 0. The van der Waals surface area contributed by atoms with Crippen molar-refractivity contribution in [1.82, 2.24) is 0 Å².